The van der Waals surface area contributed by atoms with Gasteiger partial charge in [0.05, 0.1) is 17.5 Å². The summed E-state index contributed by atoms with van der Waals surface area (Å²) in [5.74, 6) is 0.107. The lowest BCUT2D eigenvalue weighted by Crippen LogP contribution is -2.26. The number of carbonyl (C=O) groups excluding carboxylic acids is 1. The third-order valence-electron chi connectivity index (χ3n) is 2.64. The van der Waals surface area contributed by atoms with Gasteiger partial charge in [-0.3, -0.25) is 14.3 Å². The highest BCUT2D eigenvalue weighted by molar-refractivity contribution is 7.99. The molecule has 0 aliphatic heterocycles. The maximum atomic E-state index is 12.0. The number of aliphatic carboxylic acids is 1. The molecular formula is C13H21N3O3S. The van der Waals surface area contributed by atoms with Gasteiger partial charge in [0.1, 0.15) is 0 Å². The molecule has 1 aromatic heterocycles. The van der Waals surface area contributed by atoms with Crippen molar-refractivity contribution >= 4 is 23.6 Å². The Hall–Kier alpha value is -1.50. The number of nitrogens with zero attached hydrogens (tertiary/aromatic N) is 2. The Morgan fingerprint density at radius 2 is 2.20 bits per heavy atom. The summed E-state index contributed by atoms with van der Waals surface area (Å²) >= 11 is 1.28. The molecule has 1 rings (SSSR count). The Kier molecular flexibility index (Phi) is 6.57. The Morgan fingerprint density at radius 3 is 2.80 bits per heavy atom. The fourth-order valence-corrected chi connectivity index (χ4v) is 2.26. The molecule has 1 heterocycles. The zero-order valence-electron chi connectivity index (χ0n) is 12.0. The molecule has 0 fully saturated rings. The number of rotatable bonds is 8. The van der Waals surface area contributed by atoms with Gasteiger partial charge in [0.15, 0.2) is 0 Å². The summed E-state index contributed by atoms with van der Waals surface area (Å²) in [6, 6.07) is 0. The lowest BCUT2D eigenvalue weighted by atomic mass is 10.2. The SMILES string of the molecule is Cc1c(C(=O)NCCSCC(=O)O)cnn1CC(C)C. The second-order valence-corrected chi connectivity index (χ2v) is 6.03. The first-order chi connectivity index (χ1) is 9.41. The van der Waals surface area contributed by atoms with Crippen molar-refractivity contribution in [2.24, 2.45) is 5.92 Å². The van der Waals surface area contributed by atoms with Gasteiger partial charge in [-0.05, 0) is 12.8 Å². The van der Waals surface area contributed by atoms with Crippen LogP contribution in [0.15, 0.2) is 6.20 Å². The normalized spacial score (nSPS) is 10.8. The van der Waals surface area contributed by atoms with Gasteiger partial charge >= 0.3 is 5.97 Å². The standard InChI is InChI=1S/C13H21N3O3S/c1-9(2)7-16-10(3)11(6-15-16)13(19)14-4-5-20-8-12(17)18/h6,9H,4-5,7-8H2,1-3H3,(H,14,19)(H,17,18). The molecule has 112 valence electrons. The van der Waals surface area contributed by atoms with Crippen molar-refractivity contribution in [1.82, 2.24) is 15.1 Å². The average Bonchev–Trinajstić information content (AvgIpc) is 2.69. The van der Waals surface area contributed by atoms with Gasteiger partial charge in [0, 0.05) is 24.5 Å². The van der Waals surface area contributed by atoms with Crippen LogP contribution in [0.3, 0.4) is 0 Å². The highest BCUT2D eigenvalue weighted by Gasteiger charge is 2.14. The summed E-state index contributed by atoms with van der Waals surface area (Å²) in [5, 5.41) is 15.5. The first-order valence-corrected chi connectivity index (χ1v) is 7.67. The summed E-state index contributed by atoms with van der Waals surface area (Å²) in [6.07, 6.45) is 1.58. The van der Waals surface area contributed by atoms with E-state index < -0.39 is 5.97 Å². The van der Waals surface area contributed by atoms with E-state index in [4.69, 9.17) is 5.11 Å². The largest absolute Gasteiger partial charge is 0.481 e. The highest BCUT2D eigenvalue weighted by Crippen LogP contribution is 2.09. The minimum atomic E-state index is -0.841. The molecule has 0 bridgehead atoms. The molecule has 0 unspecified atom stereocenters. The van der Waals surface area contributed by atoms with E-state index in [-0.39, 0.29) is 11.7 Å². The fourth-order valence-electron chi connectivity index (χ4n) is 1.69. The molecule has 0 aliphatic rings. The minimum Gasteiger partial charge on any atom is -0.481 e. The summed E-state index contributed by atoms with van der Waals surface area (Å²) in [4.78, 5) is 22.3. The third kappa shape index (κ3) is 5.24. The van der Waals surface area contributed by atoms with Crippen LogP contribution in [0.2, 0.25) is 0 Å². The maximum Gasteiger partial charge on any atom is 0.313 e. The summed E-state index contributed by atoms with van der Waals surface area (Å²) in [6.45, 7) is 7.31. The lowest BCUT2D eigenvalue weighted by molar-refractivity contribution is -0.133. The topological polar surface area (TPSA) is 84.2 Å². The van der Waals surface area contributed by atoms with Crippen molar-refractivity contribution < 1.29 is 14.7 Å². The van der Waals surface area contributed by atoms with Gasteiger partial charge in [0.25, 0.3) is 5.91 Å². The molecule has 1 aromatic rings. The maximum absolute atomic E-state index is 12.0. The van der Waals surface area contributed by atoms with E-state index in [0.717, 1.165) is 12.2 Å². The number of carbonyl (C=O) groups is 2. The summed E-state index contributed by atoms with van der Waals surface area (Å²) < 4.78 is 1.83. The van der Waals surface area contributed by atoms with Gasteiger partial charge in [-0.25, -0.2) is 0 Å². The molecule has 0 saturated carbocycles. The fraction of sp³-hybridized carbons (Fsp3) is 0.615. The molecular weight excluding hydrogens is 278 g/mol. The molecule has 20 heavy (non-hydrogen) atoms. The van der Waals surface area contributed by atoms with Crippen LogP contribution in [0, 0.1) is 12.8 Å². The van der Waals surface area contributed by atoms with Gasteiger partial charge in [0.2, 0.25) is 0 Å². The minimum absolute atomic E-state index is 0.0568. The predicted molar refractivity (Wildman–Crippen MR) is 79.1 cm³/mol. The highest BCUT2D eigenvalue weighted by atomic mass is 32.2. The number of carboxylic acid groups (broad SMARTS) is 1. The number of thioether (sulfide) groups is 1. The van der Waals surface area contributed by atoms with Crippen molar-refractivity contribution in [3.63, 3.8) is 0 Å². The van der Waals surface area contributed by atoms with Gasteiger partial charge < -0.3 is 10.4 Å². The number of hydrogen-bond acceptors (Lipinski definition) is 4. The molecule has 0 radical (unpaired) electrons. The number of carboxylic acids is 1. The quantitative estimate of drug-likeness (QED) is 0.709. The zero-order valence-corrected chi connectivity index (χ0v) is 12.9. The van der Waals surface area contributed by atoms with E-state index in [2.05, 4.69) is 24.3 Å². The molecule has 6 nitrogen and oxygen atoms in total. The Labute approximate surface area is 122 Å². The average molecular weight is 299 g/mol. The summed E-state index contributed by atoms with van der Waals surface area (Å²) in [5.41, 5.74) is 1.43. The van der Waals surface area contributed by atoms with Crippen LogP contribution < -0.4 is 5.32 Å². The Morgan fingerprint density at radius 1 is 1.50 bits per heavy atom. The smallest absolute Gasteiger partial charge is 0.313 e. The van der Waals surface area contributed by atoms with E-state index in [1.807, 2.05) is 11.6 Å². The molecule has 0 saturated heterocycles. The molecule has 0 aromatic carbocycles. The van der Waals surface area contributed by atoms with Gasteiger partial charge in [-0.15, -0.1) is 11.8 Å². The van der Waals surface area contributed by atoms with Gasteiger partial charge in [-0.1, -0.05) is 13.8 Å². The number of nitrogens with one attached hydrogen (secondary N) is 1. The van der Waals surface area contributed by atoms with Crippen LogP contribution in [-0.4, -0.2) is 44.8 Å². The van der Waals surface area contributed by atoms with E-state index >= 15 is 0 Å². The monoisotopic (exact) mass is 299 g/mol. The van der Waals surface area contributed by atoms with E-state index in [9.17, 15) is 9.59 Å². The lowest BCUT2D eigenvalue weighted by Gasteiger charge is -2.08. The van der Waals surface area contributed by atoms with Crippen LogP contribution in [0.4, 0.5) is 0 Å². The van der Waals surface area contributed by atoms with Gasteiger partial charge in [-0.2, -0.15) is 5.10 Å². The van der Waals surface area contributed by atoms with E-state index in [1.165, 1.54) is 11.8 Å². The van der Waals surface area contributed by atoms with Crippen LogP contribution in [0.5, 0.6) is 0 Å². The van der Waals surface area contributed by atoms with Crippen molar-refractivity contribution in [2.75, 3.05) is 18.1 Å². The number of hydrogen-bond donors (Lipinski definition) is 2. The van der Waals surface area contributed by atoms with Crippen LogP contribution >= 0.6 is 11.8 Å². The molecule has 7 heteroatoms. The summed E-state index contributed by atoms with van der Waals surface area (Å²) in [7, 11) is 0. The molecule has 1 amide bonds. The third-order valence-corrected chi connectivity index (χ3v) is 3.59. The van der Waals surface area contributed by atoms with Crippen LogP contribution in [-0.2, 0) is 11.3 Å². The van der Waals surface area contributed by atoms with Crippen molar-refractivity contribution in [3.8, 4) is 0 Å². The number of amides is 1. The second-order valence-electron chi connectivity index (χ2n) is 4.92. The Bertz CT molecular complexity index is 471. The number of aromatic nitrogens is 2. The van der Waals surface area contributed by atoms with Crippen LogP contribution in [0.1, 0.15) is 29.9 Å². The van der Waals surface area contributed by atoms with Crippen molar-refractivity contribution in [1.29, 1.82) is 0 Å². The first-order valence-electron chi connectivity index (χ1n) is 6.52. The molecule has 0 atom stereocenters. The van der Waals surface area contributed by atoms with Crippen LogP contribution in [0.25, 0.3) is 0 Å². The zero-order chi connectivity index (χ0) is 15.1. The van der Waals surface area contributed by atoms with Crippen molar-refractivity contribution in [2.45, 2.75) is 27.3 Å². The molecule has 0 spiro atoms. The first kappa shape index (κ1) is 16.6. The Balaban J connectivity index is 2.43. The molecule has 2 N–H and O–H groups in total. The van der Waals surface area contributed by atoms with E-state index in [0.29, 0.717) is 23.8 Å². The second kappa shape index (κ2) is 7.94. The predicted octanol–water partition coefficient (Wildman–Crippen LogP) is 1.40. The van der Waals surface area contributed by atoms with E-state index in [1.54, 1.807) is 6.20 Å². The van der Waals surface area contributed by atoms with Crippen molar-refractivity contribution in [3.05, 3.63) is 17.5 Å². The molecule has 0 aliphatic carbocycles.